The van der Waals surface area contributed by atoms with Crippen LogP contribution in [0.25, 0.3) is 0 Å². The molecule has 0 fully saturated rings. The molecule has 0 bridgehead atoms. The van der Waals surface area contributed by atoms with Crippen LogP contribution in [0.15, 0.2) is 0 Å². The number of nitrogens with two attached hydrogens (primary N) is 1. The number of alkyl halides is 3. The molecule has 0 aromatic carbocycles. The maximum absolute atomic E-state index is 13.2. The summed E-state index contributed by atoms with van der Waals surface area (Å²) in [5.74, 6) is -1.60. The SMILES string of the molecule is CC(C)(CC(N)=O)n1c(C(F)(F)F)nc2c1CCNC2. The second-order valence-corrected chi connectivity index (χ2v) is 5.54. The van der Waals surface area contributed by atoms with Crippen molar-refractivity contribution in [2.24, 2.45) is 5.73 Å². The largest absolute Gasteiger partial charge is 0.449 e. The number of halogens is 3. The van der Waals surface area contributed by atoms with E-state index in [1.54, 1.807) is 13.8 Å². The van der Waals surface area contributed by atoms with Gasteiger partial charge in [0, 0.05) is 37.2 Å². The van der Waals surface area contributed by atoms with Gasteiger partial charge in [-0.05, 0) is 13.8 Å². The molecular weight excluding hydrogens is 273 g/mol. The summed E-state index contributed by atoms with van der Waals surface area (Å²) >= 11 is 0. The number of imidazole rings is 1. The van der Waals surface area contributed by atoms with E-state index in [1.165, 1.54) is 0 Å². The molecule has 0 saturated carbocycles. The molecule has 1 aromatic rings. The third-order valence-corrected chi connectivity index (χ3v) is 3.35. The van der Waals surface area contributed by atoms with Gasteiger partial charge in [-0.25, -0.2) is 4.98 Å². The molecule has 3 N–H and O–H groups in total. The lowest BCUT2D eigenvalue weighted by Crippen LogP contribution is -2.37. The Kier molecular flexibility index (Phi) is 3.53. The molecule has 2 heterocycles. The third kappa shape index (κ3) is 2.65. The molecule has 0 spiro atoms. The minimum atomic E-state index is -4.56. The average molecular weight is 290 g/mol. The van der Waals surface area contributed by atoms with Gasteiger partial charge in [-0.3, -0.25) is 4.79 Å². The van der Waals surface area contributed by atoms with Crippen molar-refractivity contribution in [1.29, 1.82) is 0 Å². The standard InChI is InChI=1S/C12H17F3N4O/c1-11(2,5-9(16)20)19-8-3-4-17-6-7(8)18-10(19)12(13,14)15/h17H,3-6H2,1-2H3,(H2,16,20). The molecule has 1 aromatic heterocycles. The quantitative estimate of drug-likeness (QED) is 0.877. The van der Waals surface area contributed by atoms with E-state index in [1.807, 2.05) is 0 Å². The first-order chi connectivity index (χ1) is 9.13. The van der Waals surface area contributed by atoms with Crippen LogP contribution in [0.4, 0.5) is 13.2 Å². The lowest BCUT2D eigenvalue weighted by Gasteiger charge is -2.31. The van der Waals surface area contributed by atoms with E-state index >= 15 is 0 Å². The summed E-state index contributed by atoms with van der Waals surface area (Å²) in [6.45, 7) is 4.02. The van der Waals surface area contributed by atoms with Crippen LogP contribution in [0.1, 0.15) is 37.5 Å². The van der Waals surface area contributed by atoms with Crippen LogP contribution in [0.5, 0.6) is 0 Å². The first kappa shape index (κ1) is 14.8. The van der Waals surface area contributed by atoms with Crippen LogP contribution in [-0.4, -0.2) is 22.0 Å². The number of fused-ring (bicyclic) bond motifs is 1. The Morgan fingerprint density at radius 1 is 1.45 bits per heavy atom. The lowest BCUT2D eigenvalue weighted by atomic mass is 9.98. The molecule has 112 valence electrons. The molecule has 8 heteroatoms. The maximum Gasteiger partial charge on any atom is 0.449 e. The second kappa shape index (κ2) is 4.76. The Bertz CT molecular complexity index is 534. The number of hydrogen-bond donors (Lipinski definition) is 2. The number of carbonyl (C=O) groups excluding carboxylic acids is 1. The Balaban J connectivity index is 2.60. The van der Waals surface area contributed by atoms with Crippen molar-refractivity contribution in [2.45, 2.75) is 44.9 Å². The monoisotopic (exact) mass is 290 g/mol. The smallest absolute Gasteiger partial charge is 0.370 e. The van der Waals surface area contributed by atoms with Crippen molar-refractivity contribution >= 4 is 5.91 Å². The zero-order valence-corrected chi connectivity index (χ0v) is 11.3. The van der Waals surface area contributed by atoms with Gasteiger partial charge >= 0.3 is 6.18 Å². The van der Waals surface area contributed by atoms with Crippen molar-refractivity contribution in [3.8, 4) is 0 Å². The molecule has 1 aliphatic heterocycles. The minimum Gasteiger partial charge on any atom is -0.370 e. The topological polar surface area (TPSA) is 72.9 Å². The van der Waals surface area contributed by atoms with Crippen molar-refractivity contribution < 1.29 is 18.0 Å². The fraction of sp³-hybridized carbons (Fsp3) is 0.667. The molecule has 0 unspecified atom stereocenters. The summed E-state index contributed by atoms with van der Waals surface area (Å²) in [6, 6.07) is 0. The normalized spacial score (nSPS) is 16.1. The average Bonchev–Trinajstić information content (AvgIpc) is 2.66. The van der Waals surface area contributed by atoms with Gasteiger partial charge < -0.3 is 15.6 Å². The van der Waals surface area contributed by atoms with Crippen LogP contribution >= 0.6 is 0 Å². The van der Waals surface area contributed by atoms with Crippen molar-refractivity contribution in [3.63, 3.8) is 0 Å². The zero-order chi connectivity index (χ0) is 15.1. The fourth-order valence-electron chi connectivity index (χ4n) is 2.66. The third-order valence-electron chi connectivity index (χ3n) is 3.35. The van der Waals surface area contributed by atoms with Gasteiger partial charge in [-0.15, -0.1) is 0 Å². The summed E-state index contributed by atoms with van der Waals surface area (Å²) in [5.41, 5.74) is 5.01. The molecule has 1 amide bonds. The molecule has 2 rings (SSSR count). The zero-order valence-electron chi connectivity index (χ0n) is 11.3. The van der Waals surface area contributed by atoms with Gasteiger partial charge in [0.2, 0.25) is 11.7 Å². The Morgan fingerprint density at radius 3 is 2.65 bits per heavy atom. The highest BCUT2D eigenvalue weighted by Gasteiger charge is 2.43. The second-order valence-electron chi connectivity index (χ2n) is 5.54. The van der Waals surface area contributed by atoms with Gasteiger partial charge in [0.05, 0.1) is 5.69 Å². The van der Waals surface area contributed by atoms with Gasteiger partial charge in [0.15, 0.2) is 0 Å². The van der Waals surface area contributed by atoms with Crippen molar-refractivity contribution in [3.05, 3.63) is 17.2 Å². The first-order valence-corrected chi connectivity index (χ1v) is 6.30. The molecular formula is C12H17F3N4O. The highest BCUT2D eigenvalue weighted by Crippen LogP contribution is 2.36. The summed E-state index contributed by atoms with van der Waals surface area (Å²) < 4.78 is 40.7. The van der Waals surface area contributed by atoms with Crippen LogP contribution in [0.3, 0.4) is 0 Å². The van der Waals surface area contributed by atoms with Gasteiger partial charge in [-0.1, -0.05) is 0 Å². The Labute approximate surface area is 114 Å². The van der Waals surface area contributed by atoms with E-state index in [0.29, 0.717) is 30.9 Å². The van der Waals surface area contributed by atoms with Crippen LogP contribution in [-0.2, 0) is 29.5 Å². The highest BCUT2D eigenvalue weighted by atomic mass is 19.4. The molecule has 0 aliphatic carbocycles. The van der Waals surface area contributed by atoms with Gasteiger partial charge in [-0.2, -0.15) is 13.2 Å². The molecule has 20 heavy (non-hydrogen) atoms. The number of hydrogen-bond acceptors (Lipinski definition) is 3. The predicted molar refractivity (Wildman–Crippen MR) is 65.8 cm³/mol. The van der Waals surface area contributed by atoms with E-state index in [-0.39, 0.29) is 6.42 Å². The molecule has 0 radical (unpaired) electrons. The number of nitrogens with one attached hydrogen (secondary N) is 1. The first-order valence-electron chi connectivity index (χ1n) is 6.30. The summed E-state index contributed by atoms with van der Waals surface area (Å²) in [7, 11) is 0. The van der Waals surface area contributed by atoms with Gasteiger partial charge in [0.25, 0.3) is 0 Å². The highest BCUT2D eigenvalue weighted by molar-refractivity contribution is 5.74. The van der Waals surface area contributed by atoms with Crippen LogP contribution < -0.4 is 11.1 Å². The number of amides is 1. The molecule has 1 aliphatic rings. The fourth-order valence-corrected chi connectivity index (χ4v) is 2.66. The Hall–Kier alpha value is -1.57. The van der Waals surface area contributed by atoms with E-state index in [9.17, 15) is 18.0 Å². The van der Waals surface area contributed by atoms with E-state index < -0.39 is 23.4 Å². The summed E-state index contributed by atoms with van der Waals surface area (Å²) in [5, 5.41) is 2.99. The Morgan fingerprint density at radius 2 is 2.10 bits per heavy atom. The number of carbonyl (C=O) groups is 1. The van der Waals surface area contributed by atoms with Crippen LogP contribution in [0, 0.1) is 0 Å². The van der Waals surface area contributed by atoms with Crippen molar-refractivity contribution in [1.82, 2.24) is 14.9 Å². The molecule has 0 atom stereocenters. The van der Waals surface area contributed by atoms with E-state index in [4.69, 9.17) is 5.73 Å². The summed E-state index contributed by atoms with van der Waals surface area (Å²) in [4.78, 5) is 14.9. The lowest BCUT2D eigenvalue weighted by molar-refractivity contribution is -0.150. The number of rotatable bonds is 3. The molecule has 0 saturated heterocycles. The van der Waals surface area contributed by atoms with E-state index in [0.717, 1.165) is 4.57 Å². The number of primary amides is 1. The van der Waals surface area contributed by atoms with Crippen molar-refractivity contribution in [2.75, 3.05) is 6.54 Å². The maximum atomic E-state index is 13.2. The summed E-state index contributed by atoms with van der Waals surface area (Å²) in [6.07, 6.45) is -4.29. The van der Waals surface area contributed by atoms with Crippen LogP contribution in [0.2, 0.25) is 0 Å². The van der Waals surface area contributed by atoms with E-state index in [2.05, 4.69) is 10.3 Å². The number of aromatic nitrogens is 2. The number of nitrogens with zero attached hydrogens (tertiary/aromatic N) is 2. The van der Waals surface area contributed by atoms with Gasteiger partial charge in [0.1, 0.15) is 0 Å². The predicted octanol–water partition coefficient (Wildman–Crippen LogP) is 1.16. The minimum absolute atomic E-state index is 0.174. The molecule has 5 nitrogen and oxygen atoms in total.